The Bertz CT molecular complexity index is 918. The molecule has 0 amide bonds. The van der Waals surface area contributed by atoms with Crippen LogP contribution in [0.15, 0.2) is 70.6 Å². The van der Waals surface area contributed by atoms with E-state index in [2.05, 4.69) is 27.3 Å². The lowest BCUT2D eigenvalue weighted by atomic mass is 10.1. The molecule has 6 nitrogen and oxygen atoms in total. The molecule has 1 unspecified atom stereocenters. The SMILES string of the molecule is CCNC(=NCCCS(=O)(=O)c1ccccc1)N1CCC(COCc2ccccc2)C1. The van der Waals surface area contributed by atoms with Crippen molar-refractivity contribution in [2.24, 2.45) is 10.9 Å². The van der Waals surface area contributed by atoms with Gasteiger partial charge in [0.15, 0.2) is 15.8 Å². The predicted octanol–water partition coefficient (Wildman–Crippen LogP) is 3.35. The number of hydrogen-bond acceptors (Lipinski definition) is 4. The molecular weight excluding hydrogens is 410 g/mol. The van der Waals surface area contributed by atoms with Crippen molar-refractivity contribution < 1.29 is 13.2 Å². The zero-order chi connectivity index (χ0) is 21.9. The molecule has 7 heteroatoms. The second-order valence-electron chi connectivity index (χ2n) is 7.82. The van der Waals surface area contributed by atoms with Gasteiger partial charge in [0.1, 0.15) is 0 Å². The molecule has 1 aliphatic heterocycles. The Kier molecular flexibility index (Phi) is 8.91. The molecule has 2 aromatic rings. The van der Waals surface area contributed by atoms with Gasteiger partial charge >= 0.3 is 0 Å². The van der Waals surface area contributed by atoms with E-state index in [1.807, 2.05) is 31.2 Å². The predicted molar refractivity (Wildman–Crippen MR) is 125 cm³/mol. The summed E-state index contributed by atoms with van der Waals surface area (Å²) in [7, 11) is -3.25. The highest BCUT2D eigenvalue weighted by molar-refractivity contribution is 7.91. The van der Waals surface area contributed by atoms with E-state index in [-0.39, 0.29) is 5.75 Å². The van der Waals surface area contributed by atoms with Gasteiger partial charge in [0, 0.05) is 32.1 Å². The maximum Gasteiger partial charge on any atom is 0.193 e. The quantitative estimate of drug-likeness (QED) is 0.346. The number of hydrogen-bond donors (Lipinski definition) is 1. The van der Waals surface area contributed by atoms with Crippen molar-refractivity contribution in [1.82, 2.24) is 10.2 Å². The summed E-state index contributed by atoms with van der Waals surface area (Å²) in [6.07, 6.45) is 1.57. The number of sulfone groups is 1. The van der Waals surface area contributed by atoms with Gasteiger partial charge in [-0.2, -0.15) is 0 Å². The lowest BCUT2D eigenvalue weighted by molar-refractivity contribution is 0.0907. The molecule has 0 aliphatic carbocycles. The van der Waals surface area contributed by atoms with Gasteiger partial charge in [0.05, 0.1) is 23.9 Å². The summed E-state index contributed by atoms with van der Waals surface area (Å²) in [5.74, 6) is 1.45. The van der Waals surface area contributed by atoms with Crippen molar-refractivity contribution in [3.63, 3.8) is 0 Å². The third-order valence-corrected chi connectivity index (χ3v) is 7.14. The van der Waals surface area contributed by atoms with Crippen molar-refractivity contribution in [3.8, 4) is 0 Å². The van der Waals surface area contributed by atoms with E-state index >= 15 is 0 Å². The zero-order valence-corrected chi connectivity index (χ0v) is 19.1. The van der Waals surface area contributed by atoms with E-state index in [1.165, 1.54) is 5.56 Å². The minimum atomic E-state index is -3.25. The number of rotatable bonds is 10. The van der Waals surface area contributed by atoms with Crippen LogP contribution < -0.4 is 5.32 Å². The van der Waals surface area contributed by atoms with E-state index in [1.54, 1.807) is 24.3 Å². The average Bonchev–Trinajstić information content (AvgIpc) is 3.26. The molecule has 2 aromatic carbocycles. The van der Waals surface area contributed by atoms with E-state index in [0.29, 0.717) is 30.4 Å². The summed E-state index contributed by atoms with van der Waals surface area (Å²) in [5, 5.41) is 3.34. The van der Waals surface area contributed by atoms with Crippen molar-refractivity contribution >= 4 is 15.8 Å². The Balaban J connectivity index is 1.44. The molecule has 1 atom stereocenters. The minimum absolute atomic E-state index is 0.107. The molecule has 3 rings (SSSR count). The number of aliphatic imine (C=N–C) groups is 1. The Hall–Kier alpha value is -2.38. The molecule has 0 radical (unpaired) electrons. The number of guanidine groups is 1. The van der Waals surface area contributed by atoms with Crippen LogP contribution in [-0.2, 0) is 21.2 Å². The molecule has 0 aromatic heterocycles. The first-order valence-electron chi connectivity index (χ1n) is 11.0. The maximum atomic E-state index is 12.4. The van der Waals surface area contributed by atoms with Gasteiger partial charge in [-0.05, 0) is 37.5 Å². The molecule has 1 heterocycles. The molecule has 1 fully saturated rings. The van der Waals surface area contributed by atoms with Crippen LogP contribution in [-0.4, -0.2) is 57.8 Å². The summed E-state index contributed by atoms with van der Waals surface area (Å²) < 4.78 is 30.7. The van der Waals surface area contributed by atoms with Crippen molar-refractivity contribution in [2.75, 3.05) is 38.5 Å². The third-order valence-electron chi connectivity index (χ3n) is 5.32. The molecule has 1 saturated heterocycles. The maximum absolute atomic E-state index is 12.4. The summed E-state index contributed by atoms with van der Waals surface area (Å²) >= 11 is 0. The number of ether oxygens (including phenoxy) is 1. The smallest absolute Gasteiger partial charge is 0.193 e. The molecule has 1 N–H and O–H groups in total. The second-order valence-corrected chi connectivity index (χ2v) is 9.93. The van der Waals surface area contributed by atoms with Crippen LogP contribution in [0.4, 0.5) is 0 Å². The normalized spacial score (nSPS) is 17.1. The van der Waals surface area contributed by atoms with Crippen LogP contribution in [0.25, 0.3) is 0 Å². The van der Waals surface area contributed by atoms with Gasteiger partial charge in [-0.15, -0.1) is 0 Å². The Morgan fingerprint density at radius 2 is 1.84 bits per heavy atom. The van der Waals surface area contributed by atoms with Crippen LogP contribution in [0.2, 0.25) is 0 Å². The van der Waals surface area contributed by atoms with Crippen LogP contribution in [0.3, 0.4) is 0 Å². The Labute approximate surface area is 186 Å². The van der Waals surface area contributed by atoms with Crippen LogP contribution in [0.1, 0.15) is 25.3 Å². The summed E-state index contributed by atoms with van der Waals surface area (Å²) in [5.41, 5.74) is 1.19. The monoisotopic (exact) mass is 443 g/mol. The van der Waals surface area contributed by atoms with Gasteiger partial charge < -0.3 is 15.0 Å². The first kappa shape index (κ1) is 23.3. The molecule has 1 aliphatic rings. The largest absolute Gasteiger partial charge is 0.376 e. The summed E-state index contributed by atoms with van der Waals surface area (Å²) in [6.45, 7) is 6.54. The fraction of sp³-hybridized carbons (Fsp3) is 0.458. The number of likely N-dealkylation sites (tertiary alicyclic amines) is 1. The van der Waals surface area contributed by atoms with Crippen LogP contribution in [0, 0.1) is 5.92 Å². The summed E-state index contributed by atoms with van der Waals surface area (Å²) in [4.78, 5) is 7.31. The summed E-state index contributed by atoms with van der Waals surface area (Å²) in [6, 6.07) is 18.8. The first-order valence-corrected chi connectivity index (χ1v) is 12.7. The molecule has 168 valence electrons. The molecule has 0 bridgehead atoms. The zero-order valence-electron chi connectivity index (χ0n) is 18.2. The van der Waals surface area contributed by atoms with Crippen molar-refractivity contribution in [1.29, 1.82) is 0 Å². The van der Waals surface area contributed by atoms with Crippen molar-refractivity contribution in [3.05, 3.63) is 66.2 Å². The van der Waals surface area contributed by atoms with Gasteiger partial charge in [-0.1, -0.05) is 48.5 Å². The second kappa shape index (κ2) is 11.9. The van der Waals surface area contributed by atoms with Crippen LogP contribution in [0.5, 0.6) is 0 Å². The van der Waals surface area contributed by atoms with Gasteiger partial charge in [-0.3, -0.25) is 4.99 Å². The third kappa shape index (κ3) is 7.36. The van der Waals surface area contributed by atoms with E-state index in [9.17, 15) is 8.42 Å². The highest BCUT2D eigenvalue weighted by Crippen LogP contribution is 2.18. The van der Waals surface area contributed by atoms with Crippen LogP contribution >= 0.6 is 0 Å². The average molecular weight is 444 g/mol. The fourth-order valence-corrected chi connectivity index (χ4v) is 5.01. The topological polar surface area (TPSA) is 71.0 Å². The number of nitrogens with zero attached hydrogens (tertiary/aromatic N) is 2. The molecule has 0 spiro atoms. The van der Waals surface area contributed by atoms with Crippen molar-refractivity contribution in [2.45, 2.75) is 31.3 Å². The van der Waals surface area contributed by atoms with E-state index in [0.717, 1.165) is 38.6 Å². The highest BCUT2D eigenvalue weighted by atomic mass is 32.2. The van der Waals surface area contributed by atoms with Gasteiger partial charge in [0.25, 0.3) is 0 Å². The van der Waals surface area contributed by atoms with Gasteiger partial charge in [0.2, 0.25) is 0 Å². The molecular formula is C24H33N3O3S. The van der Waals surface area contributed by atoms with Gasteiger partial charge in [-0.25, -0.2) is 8.42 Å². The minimum Gasteiger partial charge on any atom is -0.376 e. The molecule has 0 saturated carbocycles. The standard InChI is InChI=1S/C24H33N3O3S/c1-2-25-24(26-15-9-17-31(28,29)23-12-7-4-8-13-23)27-16-14-22(18-27)20-30-19-21-10-5-3-6-11-21/h3-8,10-13,22H,2,9,14-20H2,1H3,(H,25,26). The first-order chi connectivity index (χ1) is 15.1. The number of nitrogens with one attached hydrogen (secondary N) is 1. The molecule has 31 heavy (non-hydrogen) atoms. The lowest BCUT2D eigenvalue weighted by Gasteiger charge is -2.21. The van der Waals surface area contributed by atoms with E-state index < -0.39 is 9.84 Å². The highest BCUT2D eigenvalue weighted by Gasteiger charge is 2.25. The Morgan fingerprint density at radius 3 is 2.55 bits per heavy atom. The Morgan fingerprint density at radius 1 is 1.13 bits per heavy atom. The fourth-order valence-electron chi connectivity index (χ4n) is 3.69. The van der Waals surface area contributed by atoms with E-state index in [4.69, 9.17) is 4.74 Å². The lowest BCUT2D eigenvalue weighted by Crippen LogP contribution is -2.40. The number of benzene rings is 2.